The van der Waals surface area contributed by atoms with Crippen LogP contribution in [0.1, 0.15) is 63.5 Å². The number of nitrogens with zero attached hydrogens (tertiary/aromatic N) is 1. The summed E-state index contributed by atoms with van der Waals surface area (Å²) in [4.78, 5) is 2.26. The molecule has 0 aliphatic rings. The smallest absolute Gasteiger partial charge is 0.241 e. The molecule has 0 saturated heterocycles. The third-order valence-corrected chi connectivity index (χ3v) is 7.44. The summed E-state index contributed by atoms with van der Waals surface area (Å²) < 4.78 is 30.1. The summed E-state index contributed by atoms with van der Waals surface area (Å²) in [5, 5.41) is 10.2. The summed E-state index contributed by atoms with van der Waals surface area (Å²) in [6, 6.07) is 15.4. The summed E-state index contributed by atoms with van der Waals surface area (Å²) in [5.74, 6) is 0. The number of rotatable bonds is 13. The molecule has 2 N–H and O–H groups in total. The summed E-state index contributed by atoms with van der Waals surface area (Å²) in [5.41, 5.74) is 1.94. The molecule has 2 aromatic rings. The van der Waals surface area contributed by atoms with Gasteiger partial charge in [0.15, 0.2) is 0 Å². The Morgan fingerprint density at radius 3 is 2.10 bits per heavy atom. The van der Waals surface area contributed by atoms with E-state index in [4.69, 9.17) is 0 Å². The second-order valence-corrected chi connectivity index (χ2v) is 10.3. The zero-order valence-electron chi connectivity index (χ0n) is 19.4. The van der Waals surface area contributed by atoms with Crippen LogP contribution in [0.3, 0.4) is 0 Å². The molecular weight excluding hydrogens is 408 g/mol. The fourth-order valence-electron chi connectivity index (χ4n) is 3.85. The first-order valence-corrected chi connectivity index (χ1v) is 12.7. The first-order valence-electron chi connectivity index (χ1n) is 11.3. The number of aliphatic hydroxyl groups excluding tert-OH is 1. The topological polar surface area (TPSA) is 69.6 Å². The van der Waals surface area contributed by atoms with Crippen molar-refractivity contribution in [2.45, 2.75) is 69.2 Å². The summed E-state index contributed by atoms with van der Waals surface area (Å²) in [6.45, 7) is 3.96. The minimum absolute atomic E-state index is 0.198. The minimum atomic E-state index is -3.81. The molecule has 0 unspecified atom stereocenters. The second kappa shape index (κ2) is 11.7. The van der Waals surface area contributed by atoms with Gasteiger partial charge in [-0.1, -0.05) is 69.9 Å². The van der Waals surface area contributed by atoms with Gasteiger partial charge in [0.25, 0.3) is 0 Å². The standard InChI is InChI=1S/C25H38N2O3S/c1-5-7-16-25(20-28,17-8-6-2)26-31(29,30)24-15-14-23(27(3)4)19-22(24)18-21-12-10-9-11-13-21/h9-15,19,26,28H,5-8,16-18,20H2,1-4H3. The lowest BCUT2D eigenvalue weighted by molar-refractivity contribution is 0.158. The van der Waals surface area contributed by atoms with E-state index in [0.29, 0.717) is 19.3 Å². The van der Waals surface area contributed by atoms with E-state index in [2.05, 4.69) is 18.6 Å². The lowest BCUT2D eigenvalue weighted by Crippen LogP contribution is -2.51. The van der Waals surface area contributed by atoms with Crippen molar-refractivity contribution >= 4 is 15.7 Å². The number of sulfonamides is 1. The highest BCUT2D eigenvalue weighted by Gasteiger charge is 2.34. The van der Waals surface area contributed by atoms with Crippen molar-refractivity contribution in [2.75, 3.05) is 25.6 Å². The molecular formula is C25H38N2O3S. The van der Waals surface area contributed by atoms with Crippen LogP contribution in [0.15, 0.2) is 53.4 Å². The maximum atomic E-state index is 13.6. The number of nitrogens with one attached hydrogen (secondary N) is 1. The molecule has 0 amide bonds. The second-order valence-electron chi connectivity index (χ2n) is 8.60. The minimum Gasteiger partial charge on any atom is -0.394 e. The molecule has 0 fully saturated rings. The van der Waals surface area contributed by atoms with Crippen LogP contribution in [-0.2, 0) is 16.4 Å². The Morgan fingerprint density at radius 2 is 1.58 bits per heavy atom. The van der Waals surface area contributed by atoms with Gasteiger partial charge in [0.2, 0.25) is 10.0 Å². The van der Waals surface area contributed by atoms with Gasteiger partial charge in [0.05, 0.1) is 17.0 Å². The number of anilines is 1. The number of unbranched alkanes of at least 4 members (excludes halogenated alkanes) is 2. The van der Waals surface area contributed by atoms with Gasteiger partial charge in [-0.2, -0.15) is 0 Å². The predicted molar refractivity (Wildman–Crippen MR) is 129 cm³/mol. The number of hydrogen-bond acceptors (Lipinski definition) is 4. The van der Waals surface area contributed by atoms with E-state index < -0.39 is 15.6 Å². The molecule has 2 rings (SSSR count). The Kier molecular flexibility index (Phi) is 9.54. The highest BCUT2D eigenvalue weighted by molar-refractivity contribution is 7.89. The van der Waals surface area contributed by atoms with E-state index in [1.165, 1.54) is 0 Å². The fraction of sp³-hybridized carbons (Fsp3) is 0.520. The number of benzene rings is 2. The molecule has 172 valence electrons. The lowest BCUT2D eigenvalue weighted by Gasteiger charge is -2.33. The monoisotopic (exact) mass is 446 g/mol. The molecule has 0 aliphatic carbocycles. The highest BCUT2D eigenvalue weighted by atomic mass is 32.2. The van der Waals surface area contributed by atoms with E-state index in [1.807, 2.05) is 61.5 Å². The Bertz CT molecular complexity index is 904. The molecule has 0 heterocycles. The molecule has 5 nitrogen and oxygen atoms in total. The van der Waals surface area contributed by atoms with Gasteiger partial charge in [-0.3, -0.25) is 0 Å². The van der Waals surface area contributed by atoms with Crippen LogP contribution in [0.2, 0.25) is 0 Å². The molecule has 0 spiro atoms. The van der Waals surface area contributed by atoms with Crippen molar-refractivity contribution in [2.24, 2.45) is 0 Å². The summed E-state index contributed by atoms with van der Waals surface area (Å²) in [7, 11) is 0.0770. The van der Waals surface area contributed by atoms with Gasteiger partial charge in [-0.15, -0.1) is 0 Å². The average molecular weight is 447 g/mol. The Hall–Kier alpha value is -1.89. The lowest BCUT2D eigenvalue weighted by atomic mass is 9.89. The van der Waals surface area contributed by atoms with E-state index in [-0.39, 0.29) is 11.5 Å². The van der Waals surface area contributed by atoms with Crippen LogP contribution in [-0.4, -0.2) is 39.8 Å². The van der Waals surface area contributed by atoms with Crippen molar-refractivity contribution < 1.29 is 13.5 Å². The maximum absolute atomic E-state index is 13.6. The molecule has 6 heteroatoms. The molecule has 0 aromatic heterocycles. The van der Waals surface area contributed by atoms with Gasteiger partial charge in [-0.05, 0) is 48.6 Å². The molecule has 0 aliphatic heterocycles. The summed E-state index contributed by atoms with van der Waals surface area (Å²) >= 11 is 0. The first kappa shape index (κ1) is 25.4. The maximum Gasteiger partial charge on any atom is 0.241 e. The zero-order chi connectivity index (χ0) is 22.9. The number of aliphatic hydroxyl groups is 1. The molecule has 0 atom stereocenters. The largest absolute Gasteiger partial charge is 0.394 e. The quantitative estimate of drug-likeness (QED) is 0.467. The predicted octanol–water partition coefficient (Wildman–Crippen LogP) is 4.73. The van der Waals surface area contributed by atoms with Gasteiger partial charge >= 0.3 is 0 Å². The van der Waals surface area contributed by atoms with Gasteiger partial charge in [-0.25, -0.2) is 13.1 Å². The normalized spacial score (nSPS) is 12.2. The third kappa shape index (κ3) is 7.06. The fourth-order valence-corrected chi connectivity index (χ4v) is 5.52. The van der Waals surface area contributed by atoms with Gasteiger partial charge in [0.1, 0.15) is 0 Å². The van der Waals surface area contributed by atoms with Crippen LogP contribution in [0, 0.1) is 0 Å². The SMILES string of the molecule is CCCCC(CO)(CCCC)NS(=O)(=O)c1ccc(N(C)C)cc1Cc1ccccc1. The van der Waals surface area contributed by atoms with Crippen LogP contribution >= 0.6 is 0 Å². The first-order chi connectivity index (χ1) is 14.8. The van der Waals surface area contributed by atoms with Crippen molar-refractivity contribution in [1.82, 2.24) is 4.72 Å². The molecule has 0 radical (unpaired) electrons. The Labute approximate surface area is 188 Å². The van der Waals surface area contributed by atoms with E-state index in [0.717, 1.165) is 42.5 Å². The van der Waals surface area contributed by atoms with Crippen LogP contribution in [0.25, 0.3) is 0 Å². The van der Waals surface area contributed by atoms with Crippen molar-refractivity contribution in [3.8, 4) is 0 Å². The van der Waals surface area contributed by atoms with E-state index >= 15 is 0 Å². The van der Waals surface area contributed by atoms with Gasteiger partial charge in [0, 0.05) is 19.8 Å². The van der Waals surface area contributed by atoms with Crippen LogP contribution in [0.4, 0.5) is 5.69 Å². The zero-order valence-corrected chi connectivity index (χ0v) is 20.2. The summed E-state index contributed by atoms with van der Waals surface area (Å²) in [6.07, 6.45) is 5.41. The number of hydrogen-bond donors (Lipinski definition) is 2. The molecule has 0 saturated carbocycles. The van der Waals surface area contributed by atoms with Gasteiger partial charge < -0.3 is 10.0 Å². The van der Waals surface area contributed by atoms with Crippen molar-refractivity contribution in [3.63, 3.8) is 0 Å². The van der Waals surface area contributed by atoms with Crippen LogP contribution < -0.4 is 9.62 Å². The Morgan fingerprint density at radius 1 is 0.968 bits per heavy atom. The molecule has 0 bridgehead atoms. The molecule has 2 aromatic carbocycles. The van der Waals surface area contributed by atoms with E-state index in [9.17, 15) is 13.5 Å². The van der Waals surface area contributed by atoms with Crippen molar-refractivity contribution in [1.29, 1.82) is 0 Å². The van der Waals surface area contributed by atoms with E-state index in [1.54, 1.807) is 6.07 Å². The average Bonchev–Trinajstić information content (AvgIpc) is 2.76. The third-order valence-electron chi connectivity index (χ3n) is 5.76. The van der Waals surface area contributed by atoms with Crippen molar-refractivity contribution in [3.05, 3.63) is 59.7 Å². The van der Waals surface area contributed by atoms with Crippen LogP contribution in [0.5, 0.6) is 0 Å². The Balaban J connectivity index is 2.47. The highest BCUT2D eigenvalue weighted by Crippen LogP contribution is 2.28. The molecule has 31 heavy (non-hydrogen) atoms.